The smallest absolute Gasteiger partial charge is 0.465 e. The van der Waals surface area contributed by atoms with Crippen LogP contribution in [-0.2, 0) is 14.3 Å². The lowest BCUT2D eigenvalue weighted by Crippen LogP contribution is -2.51. The summed E-state index contributed by atoms with van der Waals surface area (Å²) in [6.07, 6.45) is -5.44. The highest BCUT2D eigenvalue weighted by atomic mass is 19.4. The number of ether oxygens (including phenoxy) is 2. The van der Waals surface area contributed by atoms with Crippen molar-refractivity contribution >= 4 is 29.2 Å². The second-order valence-electron chi connectivity index (χ2n) is 9.02. The monoisotopic (exact) mass is 489 g/mol. The van der Waals surface area contributed by atoms with E-state index in [0.29, 0.717) is 0 Å². The van der Waals surface area contributed by atoms with Crippen LogP contribution in [0.4, 0.5) is 33.7 Å². The highest BCUT2D eigenvalue weighted by molar-refractivity contribution is 6.14. The lowest BCUT2D eigenvalue weighted by molar-refractivity contribution is -0.149. The molecule has 0 spiro atoms. The van der Waals surface area contributed by atoms with Crippen LogP contribution in [0.1, 0.15) is 38.1 Å². The number of ketones is 1. The Morgan fingerprint density at radius 1 is 1.06 bits per heavy atom. The zero-order valence-electron chi connectivity index (χ0n) is 19.4. The van der Waals surface area contributed by atoms with Crippen LogP contribution in [0.3, 0.4) is 0 Å². The molecule has 2 aliphatic heterocycles. The standard InChI is InChI=1S/C22H27F4N3O5/c1-5-33-19(31)14-12-29(22(24,25)26)16-11-17(15(23)10-13(16)18(14)30)27-6-8-28(9-7-27)20(32)34-21(2,3)4/h10-11,14H,5-9,12H2,1-4H3. The maximum Gasteiger partial charge on any atom is 0.484 e. The number of esters is 1. The third-order valence-corrected chi connectivity index (χ3v) is 5.45. The molecule has 0 aliphatic carbocycles. The molecule has 188 valence electrons. The van der Waals surface area contributed by atoms with Gasteiger partial charge in [-0.25, -0.2) is 9.18 Å². The number of halogens is 4. The fourth-order valence-corrected chi connectivity index (χ4v) is 3.89. The molecule has 1 aromatic carbocycles. The van der Waals surface area contributed by atoms with Crippen LogP contribution in [0.15, 0.2) is 12.1 Å². The molecule has 2 aliphatic rings. The average molecular weight is 489 g/mol. The fraction of sp³-hybridized carbons (Fsp3) is 0.591. The molecule has 1 saturated heterocycles. The van der Waals surface area contributed by atoms with Gasteiger partial charge in [0.1, 0.15) is 17.3 Å². The number of rotatable bonds is 3. The van der Waals surface area contributed by atoms with Gasteiger partial charge in [-0.2, -0.15) is 13.2 Å². The maximum absolute atomic E-state index is 15.0. The number of fused-ring (bicyclic) bond motifs is 1. The number of carbonyl (C=O) groups excluding carboxylic acids is 3. The Morgan fingerprint density at radius 2 is 1.68 bits per heavy atom. The van der Waals surface area contributed by atoms with Gasteiger partial charge in [0.2, 0.25) is 0 Å². The van der Waals surface area contributed by atoms with Gasteiger partial charge in [-0.1, -0.05) is 0 Å². The Morgan fingerprint density at radius 3 is 2.21 bits per heavy atom. The molecule has 8 nitrogen and oxygen atoms in total. The lowest BCUT2D eigenvalue weighted by atomic mass is 9.90. The molecule has 34 heavy (non-hydrogen) atoms. The number of amides is 1. The number of benzene rings is 1. The van der Waals surface area contributed by atoms with Crippen LogP contribution < -0.4 is 9.80 Å². The molecule has 0 saturated carbocycles. The molecule has 12 heteroatoms. The first-order valence-corrected chi connectivity index (χ1v) is 10.8. The third-order valence-electron chi connectivity index (χ3n) is 5.45. The first kappa shape index (κ1) is 25.6. The normalized spacial score (nSPS) is 19.1. The summed E-state index contributed by atoms with van der Waals surface area (Å²) < 4.78 is 66.5. The van der Waals surface area contributed by atoms with Gasteiger partial charge in [-0.15, -0.1) is 0 Å². The number of hydrogen-bond acceptors (Lipinski definition) is 7. The zero-order chi connectivity index (χ0) is 25.4. The molecule has 1 atom stereocenters. The van der Waals surface area contributed by atoms with Gasteiger partial charge >= 0.3 is 18.4 Å². The van der Waals surface area contributed by atoms with Crippen molar-refractivity contribution in [3.63, 3.8) is 0 Å². The van der Waals surface area contributed by atoms with Crippen LogP contribution in [0.25, 0.3) is 0 Å². The van der Waals surface area contributed by atoms with Gasteiger partial charge < -0.3 is 19.3 Å². The fourth-order valence-electron chi connectivity index (χ4n) is 3.89. The van der Waals surface area contributed by atoms with Crippen molar-refractivity contribution in [3.8, 4) is 0 Å². The molecule has 1 unspecified atom stereocenters. The van der Waals surface area contributed by atoms with Crippen molar-refractivity contribution < 1.29 is 41.4 Å². The number of hydrogen-bond donors (Lipinski definition) is 0. The Bertz CT molecular complexity index is 969. The van der Waals surface area contributed by atoms with E-state index in [1.807, 2.05) is 0 Å². The number of nitrogens with zero attached hydrogens (tertiary/aromatic N) is 3. The first-order valence-electron chi connectivity index (χ1n) is 10.8. The van der Waals surface area contributed by atoms with Gasteiger partial charge in [-0.3, -0.25) is 14.5 Å². The van der Waals surface area contributed by atoms with Gasteiger partial charge in [-0.05, 0) is 39.8 Å². The van der Waals surface area contributed by atoms with Crippen LogP contribution in [0.5, 0.6) is 0 Å². The number of piperazine rings is 1. The summed E-state index contributed by atoms with van der Waals surface area (Å²) in [4.78, 5) is 40.0. The van der Waals surface area contributed by atoms with E-state index in [4.69, 9.17) is 9.47 Å². The van der Waals surface area contributed by atoms with Crippen LogP contribution in [-0.4, -0.2) is 74.0 Å². The van der Waals surface area contributed by atoms with E-state index in [2.05, 4.69) is 0 Å². The minimum Gasteiger partial charge on any atom is -0.465 e. The van der Waals surface area contributed by atoms with Gasteiger partial charge in [0.15, 0.2) is 5.78 Å². The summed E-state index contributed by atoms with van der Waals surface area (Å²) in [6.45, 7) is 6.25. The predicted molar refractivity (Wildman–Crippen MR) is 114 cm³/mol. The SMILES string of the molecule is CCOC(=O)C1CN(C(F)(F)F)c2cc(N3CCN(C(=O)OC(C)(C)C)CC3)c(F)cc2C1=O. The summed E-state index contributed by atoms with van der Waals surface area (Å²) in [6, 6.07) is 1.71. The Hall–Kier alpha value is -3.05. The van der Waals surface area contributed by atoms with Gasteiger partial charge in [0.05, 0.1) is 18.0 Å². The van der Waals surface area contributed by atoms with Crippen molar-refractivity contribution in [2.45, 2.75) is 39.6 Å². The lowest BCUT2D eigenvalue weighted by Gasteiger charge is -2.39. The van der Waals surface area contributed by atoms with Crippen molar-refractivity contribution in [3.05, 3.63) is 23.5 Å². The largest absolute Gasteiger partial charge is 0.484 e. The third kappa shape index (κ3) is 5.36. The van der Waals surface area contributed by atoms with Crippen molar-refractivity contribution in [1.29, 1.82) is 0 Å². The molecular weight excluding hydrogens is 462 g/mol. The molecule has 0 bridgehead atoms. The van der Waals surface area contributed by atoms with E-state index in [-0.39, 0.29) is 43.4 Å². The zero-order valence-corrected chi connectivity index (χ0v) is 19.4. The maximum atomic E-state index is 15.0. The second kappa shape index (κ2) is 9.30. The molecule has 2 heterocycles. The second-order valence-corrected chi connectivity index (χ2v) is 9.02. The van der Waals surface area contributed by atoms with E-state index in [1.165, 1.54) is 16.7 Å². The van der Waals surface area contributed by atoms with Crippen molar-refractivity contribution in [2.24, 2.45) is 5.92 Å². The van der Waals surface area contributed by atoms with E-state index in [1.54, 1.807) is 20.8 Å². The predicted octanol–water partition coefficient (Wildman–Crippen LogP) is 3.58. The highest BCUT2D eigenvalue weighted by Gasteiger charge is 2.48. The summed E-state index contributed by atoms with van der Waals surface area (Å²) in [5.74, 6) is -4.62. The number of carbonyl (C=O) groups is 3. The average Bonchev–Trinajstić information content (AvgIpc) is 2.72. The minimum absolute atomic E-state index is 0.0365. The van der Waals surface area contributed by atoms with E-state index in [0.717, 1.165) is 12.1 Å². The molecular formula is C22H27F4N3O5. The summed E-state index contributed by atoms with van der Waals surface area (Å²) in [5, 5.41) is 0. The Kier molecular flexibility index (Phi) is 6.99. The number of Topliss-reactive ketones (excluding diaryl/α,β-unsaturated/α-hetero) is 1. The quantitative estimate of drug-likeness (QED) is 0.278. The highest BCUT2D eigenvalue weighted by Crippen LogP contribution is 2.40. The Labute approximate surface area is 194 Å². The van der Waals surface area contributed by atoms with Crippen LogP contribution in [0.2, 0.25) is 0 Å². The van der Waals surface area contributed by atoms with Crippen LogP contribution >= 0.6 is 0 Å². The molecule has 1 amide bonds. The van der Waals surface area contributed by atoms with E-state index < -0.39 is 59.3 Å². The number of alkyl halides is 3. The first-order chi connectivity index (χ1) is 15.7. The van der Waals surface area contributed by atoms with Crippen LogP contribution in [0, 0.1) is 11.7 Å². The van der Waals surface area contributed by atoms with Crippen molar-refractivity contribution in [1.82, 2.24) is 4.90 Å². The number of anilines is 2. The molecule has 0 radical (unpaired) electrons. The van der Waals surface area contributed by atoms with Gasteiger partial charge in [0, 0.05) is 38.3 Å². The summed E-state index contributed by atoms with van der Waals surface area (Å²) in [5.41, 5.74) is -1.87. The topological polar surface area (TPSA) is 79.4 Å². The van der Waals surface area contributed by atoms with E-state index in [9.17, 15) is 31.9 Å². The van der Waals surface area contributed by atoms with E-state index >= 15 is 0 Å². The molecule has 1 fully saturated rings. The molecule has 1 aromatic rings. The Balaban J connectivity index is 1.88. The molecule has 3 rings (SSSR count). The minimum atomic E-state index is -4.91. The summed E-state index contributed by atoms with van der Waals surface area (Å²) >= 11 is 0. The van der Waals surface area contributed by atoms with Crippen molar-refractivity contribution in [2.75, 3.05) is 49.1 Å². The molecule has 0 N–H and O–H groups in total. The molecule has 0 aromatic heterocycles. The summed E-state index contributed by atoms with van der Waals surface area (Å²) in [7, 11) is 0. The van der Waals surface area contributed by atoms with Gasteiger partial charge in [0.25, 0.3) is 0 Å².